The Kier molecular flexibility index (Phi) is 8.38. The number of rotatable bonds is 9. The van der Waals surface area contributed by atoms with Gasteiger partial charge in [-0.2, -0.15) is 12.6 Å². The number of ether oxygens (including phenoxy) is 3. The summed E-state index contributed by atoms with van der Waals surface area (Å²) >= 11 is 4.57. The van der Waals surface area contributed by atoms with Gasteiger partial charge < -0.3 is 19.5 Å². The highest BCUT2D eigenvalue weighted by atomic mass is 32.1. The Morgan fingerprint density at radius 2 is 2.00 bits per heavy atom. The van der Waals surface area contributed by atoms with E-state index in [1.54, 1.807) is 20.8 Å². The monoisotopic (exact) mass is 523 g/mol. The van der Waals surface area contributed by atoms with Gasteiger partial charge in [0.1, 0.15) is 29.6 Å². The summed E-state index contributed by atoms with van der Waals surface area (Å²) in [4.78, 5) is 61.6. The summed E-state index contributed by atoms with van der Waals surface area (Å²) in [5, 5.41) is 9.55. The molecule has 2 aliphatic heterocycles. The Hall–Kier alpha value is -3.42. The minimum Gasteiger partial charge on any atom is -0.461 e. The number of carbonyl (C=O) groups excluding carboxylic acids is 5. The Bertz CT molecular complexity index is 1080. The Balaban J connectivity index is 1.70. The maximum Gasteiger partial charge on any atom is 0.408 e. The van der Waals surface area contributed by atoms with E-state index in [1.165, 1.54) is 22.7 Å². The molecule has 0 aromatic carbocycles. The minimum atomic E-state index is -0.931. The Labute approximate surface area is 212 Å². The molecule has 0 radical (unpaired) electrons. The summed E-state index contributed by atoms with van der Waals surface area (Å²) in [6, 6.07) is -1.55. The number of esters is 2. The van der Waals surface area contributed by atoms with E-state index in [4.69, 9.17) is 14.2 Å². The Morgan fingerprint density at radius 1 is 1.28 bits per heavy atom. The van der Waals surface area contributed by atoms with Crippen molar-refractivity contribution in [2.45, 2.75) is 70.0 Å². The molecule has 0 spiro atoms. The number of aldehydes is 1. The molecule has 196 valence electrons. The second-order valence-corrected chi connectivity index (χ2v) is 10.0. The van der Waals surface area contributed by atoms with E-state index >= 15 is 0 Å². The average Bonchev–Trinajstić information content (AvgIpc) is 3.25. The molecule has 1 aromatic rings. The van der Waals surface area contributed by atoms with E-state index in [0.717, 1.165) is 0 Å². The van der Waals surface area contributed by atoms with Gasteiger partial charge in [0.25, 0.3) is 5.91 Å². The van der Waals surface area contributed by atoms with Gasteiger partial charge in [-0.25, -0.2) is 9.59 Å². The fourth-order valence-corrected chi connectivity index (χ4v) is 4.41. The zero-order valence-electron chi connectivity index (χ0n) is 20.4. The van der Waals surface area contributed by atoms with Crippen LogP contribution in [-0.4, -0.2) is 86.3 Å². The van der Waals surface area contributed by atoms with Crippen molar-refractivity contribution in [3.63, 3.8) is 0 Å². The highest BCUT2D eigenvalue weighted by Gasteiger charge is 2.57. The molecular weight excluding hydrogens is 494 g/mol. The van der Waals surface area contributed by atoms with Crippen LogP contribution in [0.5, 0.6) is 0 Å². The van der Waals surface area contributed by atoms with Crippen molar-refractivity contribution >= 4 is 42.9 Å². The number of thiol groups is 1. The number of fused-ring (bicyclic) bond motifs is 1. The molecule has 1 N–H and O–H groups in total. The quantitative estimate of drug-likeness (QED) is 0.117. The molecule has 36 heavy (non-hydrogen) atoms. The maximum atomic E-state index is 13.0. The van der Waals surface area contributed by atoms with Crippen LogP contribution in [0.15, 0.2) is 17.5 Å². The van der Waals surface area contributed by atoms with Crippen molar-refractivity contribution in [2.75, 3.05) is 13.2 Å². The van der Waals surface area contributed by atoms with Gasteiger partial charge in [-0.15, -0.1) is 5.10 Å². The Morgan fingerprint density at radius 3 is 2.61 bits per heavy atom. The molecule has 2 aliphatic rings. The molecule has 1 fully saturated rings. The fraction of sp³-hybridized carbons (Fsp3) is 0.591. The lowest BCUT2D eigenvalue weighted by molar-refractivity contribution is -0.156. The van der Waals surface area contributed by atoms with Gasteiger partial charge in [0.2, 0.25) is 0 Å². The van der Waals surface area contributed by atoms with E-state index in [-0.39, 0.29) is 31.0 Å². The van der Waals surface area contributed by atoms with Gasteiger partial charge in [0, 0.05) is 25.1 Å². The van der Waals surface area contributed by atoms with Crippen molar-refractivity contribution in [1.82, 2.24) is 25.2 Å². The van der Waals surface area contributed by atoms with Crippen molar-refractivity contribution < 1.29 is 38.2 Å². The summed E-state index contributed by atoms with van der Waals surface area (Å²) in [5.74, 6) is -1.84. The normalized spacial score (nSPS) is 21.3. The fourth-order valence-electron chi connectivity index (χ4n) is 3.88. The zero-order chi connectivity index (χ0) is 26.6. The number of carbonyl (C=O) groups is 5. The molecule has 0 aliphatic carbocycles. The number of alkyl carbamates (subject to hydrolysis) is 1. The molecule has 1 saturated heterocycles. The van der Waals surface area contributed by atoms with Crippen LogP contribution in [-0.2, 0) is 35.1 Å². The number of hydrogen-bond acceptors (Lipinski definition) is 11. The molecular formula is C22H29N5O8S. The first-order valence-corrected chi connectivity index (χ1v) is 11.8. The standard InChI is InChI=1S/C22H29N5O8S/c1-12(29)34-11-13-8-15(36)18-16(23-21(32)35-22(2,3)4)19(30)27(18)17(13)20(31)33-7-5-6-26-9-14(10-28)24-25-26/h9-10,15-16,18,36H,5-8,11H2,1-4H3,(H,23,32)/t15?,16-,18+/m1/s1. The lowest BCUT2D eigenvalue weighted by Gasteiger charge is -2.52. The van der Waals surface area contributed by atoms with Crippen LogP contribution >= 0.6 is 12.6 Å². The van der Waals surface area contributed by atoms with E-state index in [0.29, 0.717) is 24.8 Å². The third-order valence-electron chi connectivity index (χ3n) is 5.33. The first kappa shape index (κ1) is 27.2. The molecule has 13 nitrogen and oxygen atoms in total. The second-order valence-electron chi connectivity index (χ2n) is 9.34. The first-order valence-electron chi connectivity index (χ1n) is 11.3. The number of β-lactam (4-membered cyclic amide) rings is 1. The van der Waals surface area contributed by atoms with E-state index < -0.39 is 46.9 Å². The van der Waals surface area contributed by atoms with Crippen LogP contribution in [0.1, 0.15) is 51.0 Å². The molecule has 14 heteroatoms. The van der Waals surface area contributed by atoms with Crippen molar-refractivity contribution in [3.05, 3.63) is 23.2 Å². The highest BCUT2D eigenvalue weighted by Crippen LogP contribution is 2.40. The number of aryl methyl sites for hydroxylation is 1. The number of nitrogens with one attached hydrogen (secondary N) is 1. The largest absolute Gasteiger partial charge is 0.461 e. The van der Waals surface area contributed by atoms with Crippen LogP contribution in [0.4, 0.5) is 4.79 Å². The van der Waals surface area contributed by atoms with Gasteiger partial charge in [0.15, 0.2) is 6.29 Å². The van der Waals surface area contributed by atoms with E-state index in [9.17, 15) is 24.0 Å². The van der Waals surface area contributed by atoms with Gasteiger partial charge in [-0.3, -0.25) is 24.0 Å². The van der Waals surface area contributed by atoms with Crippen LogP contribution in [0, 0.1) is 0 Å². The van der Waals surface area contributed by atoms with Crippen LogP contribution < -0.4 is 5.32 Å². The molecule has 3 atom stereocenters. The van der Waals surface area contributed by atoms with Gasteiger partial charge >= 0.3 is 18.0 Å². The van der Waals surface area contributed by atoms with Gasteiger partial charge in [-0.1, -0.05) is 5.21 Å². The summed E-state index contributed by atoms with van der Waals surface area (Å²) in [5.41, 5.74) is -0.200. The van der Waals surface area contributed by atoms with Crippen LogP contribution in [0.25, 0.3) is 0 Å². The molecule has 0 bridgehead atoms. The molecule has 3 heterocycles. The van der Waals surface area contributed by atoms with Crippen LogP contribution in [0.2, 0.25) is 0 Å². The predicted octanol–water partition coefficient (Wildman–Crippen LogP) is 0.647. The van der Waals surface area contributed by atoms with Crippen molar-refractivity contribution in [3.8, 4) is 0 Å². The third kappa shape index (κ3) is 6.42. The molecule has 0 saturated carbocycles. The van der Waals surface area contributed by atoms with Crippen LogP contribution in [0.3, 0.4) is 0 Å². The molecule has 2 amide bonds. The lowest BCUT2D eigenvalue weighted by atomic mass is 9.83. The summed E-state index contributed by atoms with van der Waals surface area (Å²) in [6.45, 7) is 6.47. The highest BCUT2D eigenvalue weighted by molar-refractivity contribution is 7.81. The summed E-state index contributed by atoms with van der Waals surface area (Å²) < 4.78 is 17.2. The van der Waals surface area contributed by atoms with Gasteiger partial charge in [0.05, 0.1) is 18.8 Å². The topological polar surface area (TPSA) is 159 Å². The minimum absolute atomic E-state index is 0.00392. The smallest absolute Gasteiger partial charge is 0.408 e. The average molecular weight is 524 g/mol. The van der Waals surface area contributed by atoms with Crippen molar-refractivity contribution in [2.24, 2.45) is 0 Å². The second kappa shape index (κ2) is 11.1. The number of hydrogen-bond donors (Lipinski definition) is 2. The number of nitrogens with zero attached hydrogens (tertiary/aromatic N) is 4. The van der Waals surface area contributed by atoms with E-state index in [2.05, 4.69) is 28.3 Å². The van der Waals surface area contributed by atoms with E-state index in [1.807, 2.05) is 0 Å². The SMILES string of the molecule is CC(=O)OCC1=C(C(=O)OCCCn2cc(C=O)nn2)N2C(=O)[C@H](NC(=O)OC(C)(C)C)[C@@H]2C(S)C1. The molecule has 1 unspecified atom stereocenters. The summed E-state index contributed by atoms with van der Waals surface area (Å²) in [6.07, 6.45) is 1.88. The summed E-state index contributed by atoms with van der Waals surface area (Å²) in [7, 11) is 0. The first-order chi connectivity index (χ1) is 16.9. The molecule has 1 aromatic heterocycles. The third-order valence-corrected chi connectivity index (χ3v) is 5.81. The number of aromatic nitrogens is 3. The maximum absolute atomic E-state index is 13.0. The zero-order valence-corrected chi connectivity index (χ0v) is 21.3. The van der Waals surface area contributed by atoms with Gasteiger partial charge in [-0.05, 0) is 32.8 Å². The van der Waals surface area contributed by atoms with Crippen molar-refractivity contribution in [1.29, 1.82) is 0 Å². The lowest BCUT2D eigenvalue weighted by Crippen LogP contribution is -2.75. The molecule has 3 rings (SSSR count). The predicted molar refractivity (Wildman–Crippen MR) is 126 cm³/mol. The number of amides is 2.